The van der Waals surface area contributed by atoms with Gasteiger partial charge in [-0.3, -0.25) is 4.79 Å². The molecule has 0 heterocycles. The first-order valence-electron chi connectivity index (χ1n) is 6.82. The topological polar surface area (TPSA) is 43.1 Å². The maximum absolute atomic E-state index is 10.9. The first kappa shape index (κ1) is 17.3. The third kappa shape index (κ3) is 5.66. The van der Waals surface area contributed by atoms with Gasteiger partial charge in [-0.05, 0) is 49.6 Å². The summed E-state index contributed by atoms with van der Waals surface area (Å²) in [6.07, 6.45) is 10.1. The summed E-state index contributed by atoms with van der Waals surface area (Å²) in [7, 11) is 1.50. The zero-order valence-corrected chi connectivity index (χ0v) is 12.4. The van der Waals surface area contributed by atoms with Crippen molar-refractivity contribution in [2.75, 3.05) is 7.05 Å². The quantitative estimate of drug-likeness (QED) is 0.820. The molecule has 19 heavy (non-hydrogen) atoms. The zero-order chi connectivity index (χ0) is 14.7. The van der Waals surface area contributed by atoms with E-state index in [0.29, 0.717) is 0 Å². The Labute approximate surface area is 117 Å². The van der Waals surface area contributed by atoms with E-state index in [9.17, 15) is 4.79 Å². The Morgan fingerprint density at radius 1 is 1.26 bits per heavy atom. The fourth-order valence-corrected chi connectivity index (χ4v) is 1.85. The van der Waals surface area contributed by atoms with Crippen molar-refractivity contribution in [2.45, 2.75) is 33.6 Å². The first-order chi connectivity index (χ1) is 9.27. The Bertz CT molecular complexity index is 445. The third-order valence-corrected chi connectivity index (χ3v) is 2.59. The van der Waals surface area contributed by atoms with E-state index in [4.69, 9.17) is 0 Å². The van der Waals surface area contributed by atoms with E-state index in [2.05, 4.69) is 30.0 Å². The molecule has 1 aromatic rings. The molecule has 0 aliphatic heterocycles. The lowest BCUT2D eigenvalue weighted by Gasteiger charge is -2.12. The Hall–Kier alpha value is -1.67. The highest BCUT2D eigenvalue weighted by Crippen LogP contribution is 2.23. The van der Waals surface area contributed by atoms with Gasteiger partial charge in [-0.15, -0.1) is 0 Å². The Kier molecular flexibility index (Phi) is 9.37. The maximum Gasteiger partial charge on any atom is 0.152 e. The highest BCUT2D eigenvalue weighted by molar-refractivity contribution is 5.92. The summed E-state index contributed by atoms with van der Waals surface area (Å²) in [6.45, 7) is 5.57. The van der Waals surface area contributed by atoms with Crippen molar-refractivity contribution in [3.63, 3.8) is 0 Å². The van der Waals surface area contributed by atoms with Crippen LogP contribution in [0.3, 0.4) is 0 Å². The van der Waals surface area contributed by atoms with E-state index in [1.807, 2.05) is 26.0 Å². The van der Waals surface area contributed by atoms with Gasteiger partial charge in [-0.2, -0.15) is 0 Å². The van der Waals surface area contributed by atoms with Crippen molar-refractivity contribution < 1.29 is 4.79 Å². The van der Waals surface area contributed by atoms with Crippen LogP contribution in [0, 0.1) is 0 Å². The summed E-state index contributed by atoms with van der Waals surface area (Å²) in [5.74, 6) is 0.0902. The predicted octanol–water partition coefficient (Wildman–Crippen LogP) is 3.85. The summed E-state index contributed by atoms with van der Waals surface area (Å²) in [4.78, 5) is 10.9. The van der Waals surface area contributed by atoms with E-state index in [1.165, 1.54) is 18.2 Å². The summed E-state index contributed by atoms with van der Waals surface area (Å²) < 4.78 is 0. The highest BCUT2D eigenvalue weighted by Gasteiger charge is 2.06. The van der Waals surface area contributed by atoms with Crippen molar-refractivity contribution in [3.8, 4) is 0 Å². The van der Waals surface area contributed by atoms with Crippen LogP contribution in [0.2, 0.25) is 0 Å². The lowest BCUT2D eigenvalue weighted by Crippen LogP contribution is -1.96. The molecule has 0 spiro atoms. The van der Waals surface area contributed by atoms with Gasteiger partial charge in [0.1, 0.15) is 0 Å². The molecule has 2 N–H and O–H groups in total. The predicted molar refractivity (Wildman–Crippen MR) is 85.0 cm³/mol. The number of aryl methyl sites for hydroxylation is 1. The smallest absolute Gasteiger partial charge is 0.152 e. The fourth-order valence-electron chi connectivity index (χ4n) is 1.85. The monoisotopic (exact) mass is 259 g/mol. The van der Waals surface area contributed by atoms with Gasteiger partial charge in [0.15, 0.2) is 5.78 Å². The van der Waals surface area contributed by atoms with Gasteiger partial charge in [0.05, 0.1) is 0 Å². The van der Waals surface area contributed by atoms with Crippen LogP contribution in [0.5, 0.6) is 0 Å². The van der Waals surface area contributed by atoms with Gasteiger partial charge >= 0.3 is 0 Å². The molecule has 2 rings (SSSR count). The van der Waals surface area contributed by atoms with E-state index >= 15 is 0 Å². The number of allylic oxidation sites excluding steroid dienone is 2. The van der Waals surface area contributed by atoms with Crippen molar-refractivity contribution >= 4 is 17.9 Å². The van der Waals surface area contributed by atoms with Gasteiger partial charge in [0, 0.05) is 0 Å². The number of carbonyl (C=O) groups is 1. The minimum absolute atomic E-state index is 0.0902. The van der Waals surface area contributed by atoms with Crippen LogP contribution < -0.4 is 5.73 Å². The van der Waals surface area contributed by atoms with Crippen LogP contribution >= 0.6 is 0 Å². The SMILES string of the molecule is CC.CC(=O)/C=C/c1cccc2c1C=CCC2.CN. The first-order valence-corrected chi connectivity index (χ1v) is 6.82. The molecule has 0 fully saturated rings. The summed E-state index contributed by atoms with van der Waals surface area (Å²) in [5, 5.41) is 0. The molecule has 0 aromatic heterocycles. The minimum atomic E-state index is 0.0902. The minimum Gasteiger partial charge on any atom is -0.333 e. The van der Waals surface area contributed by atoms with Crippen molar-refractivity contribution in [3.05, 3.63) is 47.0 Å². The van der Waals surface area contributed by atoms with Crippen LogP contribution in [-0.2, 0) is 11.2 Å². The maximum atomic E-state index is 10.9. The number of nitrogens with two attached hydrogens (primary N) is 1. The largest absolute Gasteiger partial charge is 0.333 e. The van der Waals surface area contributed by atoms with E-state index in [-0.39, 0.29) is 5.78 Å². The second-order valence-corrected chi connectivity index (χ2v) is 3.81. The second kappa shape index (κ2) is 10.3. The summed E-state index contributed by atoms with van der Waals surface area (Å²) in [5.41, 5.74) is 8.28. The fraction of sp³-hybridized carbons (Fsp3) is 0.353. The second-order valence-electron chi connectivity index (χ2n) is 3.81. The molecule has 0 unspecified atom stereocenters. The Morgan fingerprint density at radius 2 is 1.95 bits per heavy atom. The molecule has 0 saturated heterocycles. The molecule has 104 valence electrons. The standard InChI is InChI=1S/C14H14O.C2H6.CH5N/c1-11(15)9-10-13-7-4-6-12-5-2-3-8-14(12)13;2*1-2/h3-4,6-10H,2,5H2,1H3;1-2H3;2H2,1H3/b10-9+;;. The van der Waals surface area contributed by atoms with Crippen LogP contribution in [-0.4, -0.2) is 12.8 Å². The van der Waals surface area contributed by atoms with Gasteiger partial charge in [0.2, 0.25) is 0 Å². The molecule has 1 aromatic carbocycles. The summed E-state index contributed by atoms with van der Waals surface area (Å²) >= 11 is 0. The lowest BCUT2D eigenvalue weighted by atomic mass is 9.93. The van der Waals surface area contributed by atoms with E-state index in [0.717, 1.165) is 18.4 Å². The van der Waals surface area contributed by atoms with Gasteiger partial charge in [0.25, 0.3) is 0 Å². The van der Waals surface area contributed by atoms with Crippen molar-refractivity contribution in [1.82, 2.24) is 0 Å². The van der Waals surface area contributed by atoms with E-state index < -0.39 is 0 Å². The van der Waals surface area contributed by atoms with Crippen LogP contribution in [0.1, 0.15) is 43.9 Å². The molecular weight excluding hydrogens is 234 g/mol. The number of ketones is 1. The molecule has 1 aliphatic carbocycles. The molecular formula is C17H25NO. The van der Waals surface area contributed by atoms with Crippen molar-refractivity contribution in [2.24, 2.45) is 5.73 Å². The number of rotatable bonds is 2. The lowest BCUT2D eigenvalue weighted by molar-refractivity contribution is -0.112. The zero-order valence-electron chi connectivity index (χ0n) is 12.4. The van der Waals surface area contributed by atoms with Crippen LogP contribution in [0.25, 0.3) is 12.2 Å². The van der Waals surface area contributed by atoms with Crippen LogP contribution in [0.15, 0.2) is 30.4 Å². The summed E-state index contributed by atoms with van der Waals surface area (Å²) in [6, 6.07) is 6.26. The average molecular weight is 259 g/mol. The number of hydrogen-bond donors (Lipinski definition) is 1. The van der Waals surface area contributed by atoms with Crippen LogP contribution in [0.4, 0.5) is 0 Å². The molecule has 0 atom stereocenters. The number of fused-ring (bicyclic) bond motifs is 1. The van der Waals surface area contributed by atoms with Gasteiger partial charge in [-0.1, -0.05) is 50.3 Å². The van der Waals surface area contributed by atoms with Gasteiger partial charge in [-0.25, -0.2) is 0 Å². The third-order valence-electron chi connectivity index (χ3n) is 2.59. The molecule has 0 radical (unpaired) electrons. The molecule has 2 heteroatoms. The van der Waals surface area contributed by atoms with E-state index in [1.54, 1.807) is 13.0 Å². The molecule has 0 saturated carbocycles. The molecule has 1 aliphatic rings. The number of hydrogen-bond acceptors (Lipinski definition) is 2. The molecule has 2 nitrogen and oxygen atoms in total. The number of benzene rings is 1. The molecule has 0 bridgehead atoms. The Balaban J connectivity index is 0.000000741. The van der Waals surface area contributed by atoms with Crippen molar-refractivity contribution in [1.29, 1.82) is 0 Å². The average Bonchev–Trinajstić information content (AvgIpc) is 2.49. The Morgan fingerprint density at radius 3 is 2.58 bits per heavy atom. The normalized spacial score (nSPS) is 11.8. The highest BCUT2D eigenvalue weighted by atomic mass is 16.1. The van der Waals surface area contributed by atoms with Gasteiger partial charge < -0.3 is 5.73 Å². The molecule has 0 amide bonds. The number of carbonyl (C=O) groups excluding carboxylic acids is 1.